The first-order chi connectivity index (χ1) is 3.83. The summed E-state index contributed by atoms with van der Waals surface area (Å²) in [7, 11) is 0. The van der Waals surface area contributed by atoms with Gasteiger partial charge in [-0.05, 0) is 6.92 Å². The van der Waals surface area contributed by atoms with Crippen LogP contribution in [0.1, 0.15) is 6.92 Å². The molecule has 0 aliphatic carbocycles. The lowest BCUT2D eigenvalue weighted by molar-refractivity contribution is 0.272. The van der Waals surface area contributed by atoms with Crippen LogP contribution in [0.15, 0.2) is 4.99 Å². The highest BCUT2D eigenvalue weighted by molar-refractivity contribution is 5.78. The third kappa shape index (κ3) is 0.980. The quantitative estimate of drug-likeness (QED) is 0.514. The molecule has 1 N–H and O–H groups in total. The van der Waals surface area contributed by atoms with Gasteiger partial charge >= 0.3 is 0 Å². The van der Waals surface area contributed by atoms with Gasteiger partial charge in [-0.1, -0.05) is 0 Å². The zero-order valence-electron chi connectivity index (χ0n) is 4.79. The summed E-state index contributed by atoms with van der Waals surface area (Å²) in [6, 6.07) is 0.233. The van der Waals surface area contributed by atoms with E-state index in [0.29, 0.717) is 12.5 Å². The highest BCUT2D eigenvalue weighted by atomic mass is 16.5. The number of nitrogens with zero attached hydrogens (tertiary/aromatic N) is 1. The topological polar surface area (TPSA) is 41.8 Å². The average Bonchev–Trinajstić information content (AvgIpc) is 2.14. The van der Waals surface area contributed by atoms with Crippen LogP contribution in [0.2, 0.25) is 0 Å². The minimum absolute atomic E-state index is 0.0651. The number of aliphatic hydroxyl groups is 1. The van der Waals surface area contributed by atoms with Crippen molar-refractivity contribution in [2.45, 2.75) is 13.0 Å². The molecule has 3 nitrogen and oxygen atoms in total. The van der Waals surface area contributed by atoms with Crippen molar-refractivity contribution in [3.8, 4) is 0 Å². The first kappa shape index (κ1) is 5.56. The number of aliphatic hydroxyl groups excluding tert-OH is 1. The maximum atomic E-state index is 8.43. The van der Waals surface area contributed by atoms with E-state index in [4.69, 9.17) is 9.84 Å². The predicted octanol–water partition coefficient (Wildman–Crippen LogP) is -0.204. The monoisotopic (exact) mass is 115 g/mol. The molecule has 1 atom stereocenters. The van der Waals surface area contributed by atoms with Crippen molar-refractivity contribution in [1.29, 1.82) is 0 Å². The van der Waals surface area contributed by atoms with E-state index in [1.165, 1.54) is 0 Å². The van der Waals surface area contributed by atoms with Gasteiger partial charge in [0.05, 0.1) is 6.04 Å². The van der Waals surface area contributed by atoms with Crippen molar-refractivity contribution < 1.29 is 9.84 Å². The van der Waals surface area contributed by atoms with E-state index in [1.807, 2.05) is 6.92 Å². The molecular weight excluding hydrogens is 106 g/mol. The second-order valence-corrected chi connectivity index (χ2v) is 1.84. The van der Waals surface area contributed by atoms with Gasteiger partial charge in [-0.3, -0.25) is 0 Å². The summed E-state index contributed by atoms with van der Waals surface area (Å²) in [4.78, 5) is 3.95. The average molecular weight is 115 g/mol. The number of hydrogen-bond acceptors (Lipinski definition) is 3. The molecule has 0 aromatic carbocycles. The maximum absolute atomic E-state index is 8.43. The molecule has 0 amide bonds. The third-order valence-corrected chi connectivity index (χ3v) is 0.991. The van der Waals surface area contributed by atoms with Crippen molar-refractivity contribution in [1.82, 2.24) is 0 Å². The van der Waals surface area contributed by atoms with Crippen LogP contribution in [-0.4, -0.2) is 30.3 Å². The van der Waals surface area contributed by atoms with Crippen LogP contribution in [0.5, 0.6) is 0 Å². The molecule has 1 unspecified atom stereocenters. The Bertz CT molecular complexity index is 111. The lowest BCUT2D eigenvalue weighted by atomic mass is 10.4. The molecule has 0 saturated carbocycles. The number of ether oxygens (including phenoxy) is 1. The minimum atomic E-state index is -0.0651. The lowest BCUT2D eigenvalue weighted by Gasteiger charge is -1.92. The van der Waals surface area contributed by atoms with Crippen molar-refractivity contribution in [3.63, 3.8) is 0 Å². The van der Waals surface area contributed by atoms with Gasteiger partial charge in [-0.2, -0.15) is 0 Å². The molecular formula is C5H9NO2. The summed E-state index contributed by atoms with van der Waals surface area (Å²) in [5.74, 6) is 0.470. The normalized spacial score (nSPS) is 27.2. The molecule has 0 spiro atoms. The summed E-state index contributed by atoms with van der Waals surface area (Å²) in [6.07, 6.45) is 0. The van der Waals surface area contributed by atoms with Crippen molar-refractivity contribution in [2.24, 2.45) is 4.99 Å². The fourth-order valence-electron chi connectivity index (χ4n) is 0.624. The first-order valence-electron chi connectivity index (χ1n) is 2.63. The van der Waals surface area contributed by atoms with E-state index in [2.05, 4.69) is 4.99 Å². The highest BCUT2D eigenvalue weighted by Gasteiger charge is 2.11. The van der Waals surface area contributed by atoms with Gasteiger partial charge in [0.1, 0.15) is 13.2 Å². The van der Waals surface area contributed by atoms with E-state index in [9.17, 15) is 0 Å². The smallest absolute Gasteiger partial charge is 0.210 e. The zero-order chi connectivity index (χ0) is 5.98. The molecule has 0 aromatic heterocycles. The zero-order valence-corrected chi connectivity index (χ0v) is 4.79. The van der Waals surface area contributed by atoms with Crippen molar-refractivity contribution >= 4 is 5.90 Å². The second kappa shape index (κ2) is 2.13. The molecule has 1 heterocycles. The third-order valence-electron chi connectivity index (χ3n) is 0.991. The minimum Gasteiger partial charge on any atom is -0.477 e. The molecule has 1 aliphatic heterocycles. The van der Waals surface area contributed by atoms with Gasteiger partial charge in [0.2, 0.25) is 5.90 Å². The van der Waals surface area contributed by atoms with Crippen LogP contribution in [0, 0.1) is 0 Å². The Morgan fingerprint density at radius 3 is 3.00 bits per heavy atom. The molecule has 3 heteroatoms. The Hall–Kier alpha value is -0.570. The Kier molecular flexibility index (Phi) is 1.48. The van der Waals surface area contributed by atoms with Gasteiger partial charge < -0.3 is 9.84 Å². The van der Waals surface area contributed by atoms with Gasteiger partial charge in [-0.25, -0.2) is 4.99 Å². The van der Waals surface area contributed by atoms with Crippen LogP contribution in [-0.2, 0) is 4.74 Å². The molecule has 0 fully saturated rings. The maximum Gasteiger partial charge on any atom is 0.210 e. The molecule has 1 rings (SSSR count). The first-order valence-corrected chi connectivity index (χ1v) is 2.63. The molecule has 1 aliphatic rings. The van der Waals surface area contributed by atoms with Gasteiger partial charge in [0, 0.05) is 0 Å². The van der Waals surface area contributed by atoms with Gasteiger partial charge in [0.25, 0.3) is 0 Å². The molecule has 0 bridgehead atoms. The fraction of sp³-hybridized carbons (Fsp3) is 0.800. The summed E-state index contributed by atoms with van der Waals surface area (Å²) in [5.41, 5.74) is 0. The standard InChI is InChI=1S/C5H9NO2/c1-4-3-8-5(2-7)6-4/h4,7H,2-3H2,1H3. The van der Waals surface area contributed by atoms with Crippen LogP contribution in [0.25, 0.3) is 0 Å². The van der Waals surface area contributed by atoms with Crippen LogP contribution in [0.3, 0.4) is 0 Å². The summed E-state index contributed by atoms with van der Waals surface area (Å²) >= 11 is 0. The molecule has 0 saturated heterocycles. The molecule has 8 heavy (non-hydrogen) atoms. The van der Waals surface area contributed by atoms with E-state index in [1.54, 1.807) is 0 Å². The van der Waals surface area contributed by atoms with Crippen LogP contribution < -0.4 is 0 Å². The SMILES string of the molecule is CC1COC(CO)=N1. The van der Waals surface area contributed by atoms with Crippen molar-refractivity contribution in [2.75, 3.05) is 13.2 Å². The van der Waals surface area contributed by atoms with E-state index in [-0.39, 0.29) is 12.6 Å². The van der Waals surface area contributed by atoms with Crippen molar-refractivity contribution in [3.05, 3.63) is 0 Å². The summed E-state index contributed by atoms with van der Waals surface area (Å²) in [5, 5.41) is 8.43. The van der Waals surface area contributed by atoms with Crippen LogP contribution >= 0.6 is 0 Å². The van der Waals surface area contributed by atoms with Gasteiger partial charge in [-0.15, -0.1) is 0 Å². The van der Waals surface area contributed by atoms with E-state index < -0.39 is 0 Å². The Morgan fingerprint density at radius 2 is 2.75 bits per heavy atom. The fourth-order valence-corrected chi connectivity index (χ4v) is 0.624. The summed E-state index contributed by atoms with van der Waals surface area (Å²) in [6.45, 7) is 2.50. The summed E-state index contributed by atoms with van der Waals surface area (Å²) < 4.78 is 4.91. The second-order valence-electron chi connectivity index (χ2n) is 1.84. The van der Waals surface area contributed by atoms with Crippen LogP contribution in [0.4, 0.5) is 0 Å². The van der Waals surface area contributed by atoms with E-state index >= 15 is 0 Å². The molecule has 0 radical (unpaired) electrons. The Morgan fingerprint density at radius 1 is 2.00 bits per heavy atom. The lowest BCUT2D eigenvalue weighted by Crippen LogP contribution is -2.03. The largest absolute Gasteiger partial charge is 0.477 e. The number of hydrogen-bond donors (Lipinski definition) is 1. The Labute approximate surface area is 48.0 Å². The van der Waals surface area contributed by atoms with E-state index in [0.717, 1.165) is 0 Å². The predicted molar refractivity (Wildman–Crippen MR) is 29.9 cm³/mol. The Balaban J connectivity index is 2.44. The molecule has 46 valence electrons. The molecule has 0 aromatic rings. The number of rotatable bonds is 1. The number of aliphatic imine (C=N–C) groups is 1. The highest BCUT2D eigenvalue weighted by Crippen LogP contribution is 2.01. The van der Waals surface area contributed by atoms with Gasteiger partial charge in [0.15, 0.2) is 0 Å².